The van der Waals surface area contributed by atoms with Crippen molar-refractivity contribution in [3.05, 3.63) is 35.8 Å². The van der Waals surface area contributed by atoms with Crippen LogP contribution in [-0.4, -0.2) is 21.3 Å². The van der Waals surface area contributed by atoms with Crippen molar-refractivity contribution in [1.29, 1.82) is 0 Å². The summed E-state index contributed by atoms with van der Waals surface area (Å²) in [6.45, 7) is 7.96. The standard InChI is InChI=1S/C13H20N4O/c1-4-14-11(13-10(3)6-7-18-13)8-12-15-9-16-17(12)5-2/h6-7,9,11,14H,4-5,8H2,1-3H3. The fraction of sp³-hybridized carbons (Fsp3) is 0.538. The number of hydrogen-bond donors (Lipinski definition) is 1. The van der Waals surface area contributed by atoms with E-state index >= 15 is 0 Å². The van der Waals surface area contributed by atoms with Crippen LogP contribution in [0.15, 0.2) is 23.1 Å². The molecule has 1 N–H and O–H groups in total. The van der Waals surface area contributed by atoms with Crippen LogP contribution in [0.2, 0.25) is 0 Å². The van der Waals surface area contributed by atoms with Crippen LogP contribution in [0.5, 0.6) is 0 Å². The molecule has 2 heterocycles. The van der Waals surface area contributed by atoms with Crippen LogP contribution >= 0.6 is 0 Å². The van der Waals surface area contributed by atoms with Gasteiger partial charge in [-0.2, -0.15) is 5.10 Å². The zero-order valence-electron chi connectivity index (χ0n) is 11.2. The first-order chi connectivity index (χ1) is 8.76. The molecule has 2 rings (SSSR count). The maximum Gasteiger partial charge on any atom is 0.138 e. The van der Waals surface area contributed by atoms with E-state index in [4.69, 9.17) is 4.42 Å². The summed E-state index contributed by atoms with van der Waals surface area (Å²) < 4.78 is 7.50. The van der Waals surface area contributed by atoms with E-state index in [0.717, 1.165) is 31.1 Å². The highest BCUT2D eigenvalue weighted by molar-refractivity contribution is 5.19. The van der Waals surface area contributed by atoms with Gasteiger partial charge in [0.15, 0.2) is 0 Å². The number of furan rings is 1. The quantitative estimate of drug-likeness (QED) is 0.850. The van der Waals surface area contributed by atoms with Crippen LogP contribution in [0.3, 0.4) is 0 Å². The highest BCUT2D eigenvalue weighted by Gasteiger charge is 2.19. The van der Waals surface area contributed by atoms with Crippen LogP contribution < -0.4 is 5.32 Å². The second-order valence-electron chi connectivity index (χ2n) is 4.27. The number of hydrogen-bond acceptors (Lipinski definition) is 4. The number of nitrogens with one attached hydrogen (secondary N) is 1. The van der Waals surface area contributed by atoms with Crippen molar-refractivity contribution in [3.63, 3.8) is 0 Å². The maximum atomic E-state index is 5.58. The first kappa shape index (κ1) is 12.8. The van der Waals surface area contributed by atoms with Gasteiger partial charge in [0, 0.05) is 13.0 Å². The van der Waals surface area contributed by atoms with Crippen molar-refractivity contribution in [1.82, 2.24) is 20.1 Å². The maximum absolute atomic E-state index is 5.58. The Labute approximate surface area is 107 Å². The number of likely N-dealkylation sites (N-methyl/N-ethyl adjacent to an activating group) is 1. The molecular formula is C13H20N4O. The fourth-order valence-corrected chi connectivity index (χ4v) is 2.14. The van der Waals surface area contributed by atoms with E-state index in [2.05, 4.69) is 36.2 Å². The number of nitrogens with zero attached hydrogens (tertiary/aromatic N) is 3. The lowest BCUT2D eigenvalue weighted by Gasteiger charge is -2.16. The van der Waals surface area contributed by atoms with E-state index in [1.54, 1.807) is 12.6 Å². The van der Waals surface area contributed by atoms with Gasteiger partial charge < -0.3 is 9.73 Å². The molecule has 0 amide bonds. The molecule has 98 valence electrons. The molecule has 18 heavy (non-hydrogen) atoms. The van der Waals surface area contributed by atoms with E-state index in [9.17, 15) is 0 Å². The molecule has 0 aromatic carbocycles. The second kappa shape index (κ2) is 5.82. The molecule has 1 unspecified atom stereocenters. The van der Waals surface area contributed by atoms with Gasteiger partial charge in [0.25, 0.3) is 0 Å². The third-order valence-corrected chi connectivity index (χ3v) is 3.05. The van der Waals surface area contributed by atoms with Crippen molar-refractivity contribution >= 4 is 0 Å². The first-order valence-corrected chi connectivity index (χ1v) is 6.40. The first-order valence-electron chi connectivity index (χ1n) is 6.40. The molecular weight excluding hydrogens is 228 g/mol. The van der Waals surface area contributed by atoms with E-state index in [0.29, 0.717) is 0 Å². The minimum absolute atomic E-state index is 0.152. The van der Waals surface area contributed by atoms with Gasteiger partial charge in [0.05, 0.1) is 12.3 Å². The Bertz CT molecular complexity index is 489. The molecule has 0 aliphatic heterocycles. The zero-order chi connectivity index (χ0) is 13.0. The fourth-order valence-electron chi connectivity index (χ4n) is 2.14. The zero-order valence-corrected chi connectivity index (χ0v) is 11.2. The molecule has 2 aromatic heterocycles. The molecule has 0 radical (unpaired) electrons. The van der Waals surface area contributed by atoms with E-state index in [-0.39, 0.29) is 6.04 Å². The average molecular weight is 248 g/mol. The van der Waals surface area contributed by atoms with Crippen LogP contribution in [-0.2, 0) is 13.0 Å². The third-order valence-electron chi connectivity index (χ3n) is 3.05. The molecule has 0 spiro atoms. The van der Waals surface area contributed by atoms with Gasteiger partial charge in [-0.05, 0) is 32.0 Å². The van der Waals surface area contributed by atoms with Crippen LogP contribution in [0, 0.1) is 6.92 Å². The summed E-state index contributed by atoms with van der Waals surface area (Å²) in [7, 11) is 0. The lowest BCUT2D eigenvalue weighted by atomic mass is 10.1. The molecule has 2 aromatic rings. The molecule has 0 fully saturated rings. The summed E-state index contributed by atoms with van der Waals surface area (Å²) >= 11 is 0. The largest absolute Gasteiger partial charge is 0.467 e. The number of rotatable bonds is 6. The van der Waals surface area contributed by atoms with Crippen molar-refractivity contribution < 1.29 is 4.42 Å². The lowest BCUT2D eigenvalue weighted by molar-refractivity contribution is 0.403. The van der Waals surface area contributed by atoms with Gasteiger partial charge in [-0.1, -0.05) is 6.92 Å². The van der Waals surface area contributed by atoms with Crippen LogP contribution in [0.1, 0.15) is 37.0 Å². The predicted octanol–water partition coefficient (Wildman–Crippen LogP) is 2.09. The van der Waals surface area contributed by atoms with Gasteiger partial charge in [-0.25, -0.2) is 4.98 Å². The third kappa shape index (κ3) is 2.61. The normalized spacial score (nSPS) is 12.8. The second-order valence-corrected chi connectivity index (χ2v) is 4.27. The summed E-state index contributed by atoms with van der Waals surface area (Å²) in [6, 6.07) is 2.14. The van der Waals surface area contributed by atoms with Crippen LogP contribution in [0.25, 0.3) is 0 Å². The van der Waals surface area contributed by atoms with E-state index in [1.165, 1.54) is 5.56 Å². The van der Waals surface area contributed by atoms with Crippen LogP contribution in [0.4, 0.5) is 0 Å². The minimum Gasteiger partial charge on any atom is -0.467 e. The van der Waals surface area contributed by atoms with Crippen molar-refractivity contribution in [2.24, 2.45) is 0 Å². The van der Waals surface area contributed by atoms with Crippen molar-refractivity contribution in [2.45, 2.75) is 39.8 Å². The average Bonchev–Trinajstić information content (AvgIpc) is 2.97. The topological polar surface area (TPSA) is 55.9 Å². The molecule has 5 nitrogen and oxygen atoms in total. The SMILES string of the molecule is CCNC(Cc1ncnn1CC)c1occc1C. The summed E-state index contributed by atoms with van der Waals surface area (Å²) in [6.07, 6.45) is 4.13. The Balaban J connectivity index is 2.19. The predicted molar refractivity (Wildman–Crippen MR) is 69.3 cm³/mol. The molecule has 0 aliphatic rings. The van der Waals surface area contributed by atoms with Crippen molar-refractivity contribution in [3.8, 4) is 0 Å². The number of aryl methyl sites for hydroxylation is 2. The Morgan fingerprint density at radius 3 is 2.89 bits per heavy atom. The highest BCUT2D eigenvalue weighted by atomic mass is 16.3. The van der Waals surface area contributed by atoms with Gasteiger partial charge in [0.1, 0.15) is 17.9 Å². The van der Waals surface area contributed by atoms with Gasteiger partial charge in [-0.15, -0.1) is 0 Å². The van der Waals surface area contributed by atoms with E-state index < -0.39 is 0 Å². The minimum atomic E-state index is 0.152. The monoisotopic (exact) mass is 248 g/mol. The molecule has 5 heteroatoms. The molecule has 0 saturated carbocycles. The summed E-state index contributed by atoms with van der Waals surface area (Å²) in [4.78, 5) is 4.32. The van der Waals surface area contributed by atoms with Crippen molar-refractivity contribution in [2.75, 3.05) is 6.54 Å². The summed E-state index contributed by atoms with van der Waals surface area (Å²) in [5, 5.41) is 7.64. The molecule has 0 aliphatic carbocycles. The Kier molecular flexibility index (Phi) is 4.15. The van der Waals surface area contributed by atoms with Gasteiger partial charge in [-0.3, -0.25) is 4.68 Å². The van der Waals surface area contributed by atoms with Gasteiger partial charge >= 0.3 is 0 Å². The molecule has 0 bridgehead atoms. The lowest BCUT2D eigenvalue weighted by Crippen LogP contribution is -2.24. The Morgan fingerprint density at radius 2 is 2.28 bits per heavy atom. The highest BCUT2D eigenvalue weighted by Crippen LogP contribution is 2.21. The smallest absolute Gasteiger partial charge is 0.138 e. The molecule has 0 saturated heterocycles. The Morgan fingerprint density at radius 1 is 1.44 bits per heavy atom. The van der Waals surface area contributed by atoms with E-state index in [1.807, 2.05) is 10.7 Å². The summed E-state index contributed by atoms with van der Waals surface area (Å²) in [5.41, 5.74) is 1.17. The van der Waals surface area contributed by atoms with Gasteiger partial charge in [0.2, 0.25) is 0 Å². The molecule has 1 atom stereocenters. The summed E-state index contributed by atoms with van der Waals surface area (Å²) in [5.74, 6) is 1.97. The number of aromatic nitrogens is 3. The Hall–Kier alpha value is -1.62.